The maximum atomic E-state index is 12.2. The largest absolute Gasteiger partial charge is 0.494 e. The first-order chi connectivity index (χ1) is 14.5. The molecule has 1 aliphatic rings. The van der Waals surface area contributed by atoms with Crippen LogP contribution in [0.3, 0.4) is 0 Å². The van der Waals surface area contributed by atoms with E-state index in [1.165, 1.54) is 36.2 Å². The van der Waals surface area contributed by atoms with Gasteiger partial charge in [0.25, 0.3) is 5.91 Å². The zero-order valence-electron chi connectivity index (χ0n) is 17.6. The Balaban J connectivity index is 1.33. The molecule has 7 heteroatoms. The SMILES string of the molecule is CCOc1ccc(CCC2CCN(CCC(=O)Nc3sccc3C(N)=O)CC2)cc1. The predicted molar refractivity (Wildman–Crippen MR) is 121 cm³/mol. The van der Waals surface area contributed by atoms with Crippen LogP contribution in [0.5, 0.6) is 5.75 Å². The Kier molecular flexibility index (Phi) is 8.28. The van der Waals surface area contributed by atoms with Gasteiger partial charge in [-0.2, -0.15) is 0 Å². The second kappa shape index (κ2) is 11.1. The number of likely N-dealkylation sites (tertiary alicyclic amines) is 1. The number of rotatable bonds is 10. The lowest BCUT2D eigenvalue weighted by molar-refractivity contribution is -0.116. The van der Waals surface area contributed by atoms with Crippen LogP contribution in [0.4, 0.5) is 5.00 Å². The minimum Gasteiger partial charge on any atom is -0.494 e. The van der Waals surface area contributed by atoms with E-state index in [0.29, 0.717) is 23.6 Å². The number of carbonyl (C=O) groups is 2. The van der Waals surface area contributed by atoms with E-state index < -0.39 is 5.91 Å². The van der Waals surface area contributed by atoms with E-state index >= 15 is 0 Å². The van der Waals surface area contributed by atoms with Gasteiger partial charge >= 0.3 is 0 Å². The Hall–Kier alpha value is -2.38. The van der Waals surface area contributed by atoms with Gasteiger partial charge in [-0.1, -0.05) is 12.1 Å². The fraction of sp³-hybridized carbons (Fsp3) is 0.478. The van der Waals surface area contributed by atoms with Crippen LogP contribution in [0, 0.1) is 5.92 Å². The number of nitrogens with zero attached hydrogens (tertiary/aromatic N) is 1. The molecular weight excluding hydrogens is 398 g/mol. The molecule has 1 aromatic heterocycles. The van der Waals surface area contributed by atoms with Crippen molar-refractivity contribution in [2.75, 3.05) is 31.6 Å². The number of anilines is 1. The Morgan fingerprint density at radius 2 is 1.93 bits per heavy atom. The summed E-state index contributed by atoms with van der Waals surface area (Å²) in [5.41, 5.74) is 7.06. The smallest absolute Gasteiger partial charge is 0.251 e. The van der Waals surface area contributed by atoms with Crippen molar-refractivity contribution in [1.29, 1.82) is 0 Å². The van der Waals surface area contributed by atoms with Gasteiger partial charge in [0.2, 0.25) is 5.91 Å². The first-order valence-corrected chi connectivity index (χ1v) is 11.5. The highest BCUT2D eigenvalue weighted by Crippen LogP contribution is 2.24. The van der Waals surface area contributed by atoms with Gasteiger partial charge in [-0.15, -0.1) is 11.3 Å². The van der Waals surface area contributed by atoms with Crippen molar-refractivity contribution >= 4 is 28.2 Å². The van der Waals surface area contributed by atoms with Gasteiger partial charge in [0.15, 0.2) is 0 Å². The molecule has 0 atom stereocenters. The number of primary amides is 1. The summed E-state index contributed by atoms with van der Waals surface area (Å²) in [4.78, 5) is 25.9. The van der Waals surface area contributed by atoms with E-state index in [0.717, 1.165) is 37.7 Å². The number of benzene rings is 1. The lowest BCUT2D eigenvalue weighted by Gasteiger charge is -2.31. The molecule has 0 spiro atoms. The number of hydrogen-bond donors (Lipinski definition) is 2. The Bertz CT molecular complexity index is 826. The lowest BCUT2D eigenvalue weighted by atomic mass is 9.90. The van der Waals surface area contributed by atoms with E-state index in [1.807, 2.05) is 6.92 Å². The van der Waals surface area contributed by atoms with Gasteiger partial charge in [0.1, 0.15) is 10.8 Å². The van der Waals surface area contributed by atoms with E-state index in [4.69, 9.17) is 10.5 Å². The molecule has 0 saturated carbocycles. The summed E-state index contributed by atoms with van der Waals surface area (Å²) in [7, 11) is 0. The third-order valence-electron chi connectivity index (χ3n) is 5.62. The van der Waals surface area contributed by atoms with Crippen molar-refractivity contribution in [2.45, 2.75) is 39.0 Å². The number of amides is 2. The van der Waals surface area contributed by atoms with Crippen LogP contribution in [0.1, 0.15) is 48.5 Å². The fourth-order valence-corrected chi connectivity index (χ4v) is 4.65. The van der Waals surface area contributed by atoms with E-state index in [-0.39, 0.29) is 5.91 Å². The van der Waals surface area contributed by atoms with Crippen LogP contribution in [0.25, 0.3) is 0 Å². The minimum absolute atomic E-state index is 0.0717. The molecule has 3 N–H and O–H groups in total. The van der Waals surface area contributed by atoms with E-state index in [9.17, 15) is 9.59 Å². The number of piperidine rings is 1. The van der Waals surface area contributed by atoms with Crippen molar-refractivity contribution in [3.8, 4) is 5.75 Å². The molecule has 2 heterocycles. The second-order valence-corrected chi connectivity index (χ2v) is 8.64. The predicted octanol–water partition coefficient (Wildman–Crippen LogP) is 3.92. The average molecular weight is 430 g/mol. The van der Waals surface area contributed by atoms with Crippen LogP contribution in [-0.2, 0) is 11.2 Å². The van der Waals surface area contributed by atoms with E-state index in [1.54, 1.807) is 11.4 Å². The molecule has 1 aromatic carbocycles. The molecule has 0 radical (unpaired) electrons. The third-order valence-corrected chi connectivity index (χ3v) is 6.45. The highest BCUT2D eigenvalue weighted by Gasteiger charge is 2.20. The fourth-order valence-electron chi connectivity index (χ4n) is 3.84. The topological polar surface area (TPSA) is 84.7 Å². The van der Waals surface area contributed by atoms with E-state index in [2.05, 4.69) is 34.5 Å². The number of aryl methyl sites for hydroxylation is 1. The van der Waals surface area contributed by atoms with Gasteiger partial charge in [-0.3, -0.25) is 9.59 Å². The zero-order chi connectivity index (χ0) is 21.3. The maximum absolute atomic E-state index is 12.2. The Labute approximate surface area is 182 Å². The van der Waals surface area contributed by atoms with Crippen molar-refractivity contribution in [3.05, 3.63) is 46.8 Å². The molecule has 1 saturated heterocycles. The summed E-state index contributed by atoms with van der Waals surface area (Å²) in [6, 6.07) is 10.1. The minimum atomic E-state index is -0.515. The zero-order valence-corrected chi connectivity index (χ0v) is 18.4. The van der Waals surface area contributed by atoms with Crippen molar-refractivity contribution in [2.24, 2.45) is 11.7 Å². The lowest BCUT2D eigenvalue weighted by Crippen LogP contribution is -2.36. The number of nitrogens with two attached hydrogens (primary N) is 1. The van der Waals surface area contributed by atoms with Gasteiger partial charge in [0.05, 0.1) is 12.2 Å². The first kappa shape index (κ1) is 22.3. The second-order valence-electron chi connectivity index (χ2n) is 7.73. The molecule has 3 rings (SSSR count). The Morgan fingerprint density at radius 3 is 2.60 bits per heavy atom. The highest BCUT2D eigenvalue weighted by atomic mass is 32.1. The number of thiophene rings is 1. The quantitative estimate of drug-likeness (QED) is 0.599. The normalized spacial score (nSPS) is 15.1. The van der Waals surface area contributed by atoms with Crippen molar-refractivity contribution in [1.82, 2.24) is 4.90 Å². The average Bonchev–Trinajstić information content (AvgIpc) is 3.21. The first-order valence-electron chi connectivity index (χ1n) is 10.7. The number of hydrogen-bond acceptors (Lipinski definition) is 5. The molecule has 1 aliphatic heterocycles. The summed E-state index contributed by atoms with van der Waals surface area (Å²) in [6.07, 6.45) is 5.08. The molecule has 30 heavy (non-hydrogen) atoms. The molecule has 0 aliphatic carbocycles. The molecule has 2 amide bonds. The van der Waals surface area contributed by atoms with Crippen LogP contribution >= 0.6 is 11.3 Å². The van der Waals surface area contributed by atoms with Crippen molar-refractivity contribution < 1.29 is 14.3 Å². The Morgan fingerprint density at radius 1 is 1.20 bits per heavy atom. The van der Waals surface area contributed by atoms with Gasteiger partial charge in [-0.25, -0.2) is 0 Å². The summed E-state index contributed by atoms with van der Waals surface area (Å²) in [6.45, 7) is 5.51. The third kappa shape index (κ3) is 6.57. The van der Waals surface area contributed by atoms with Crippen LogP contribution in [0.15, 0.2) is 35.7 Å². The summed E-state index contributed by atoms with van der Waals surface area (Å²) >= 11 is 1.32. The monoisotopic (exact) mass is 429 g/mol. The van der Waals surface area contributed by atoms with Crippen LogP contribution in [0.2, 0.25) is 0 Å². The number of carbonyl (C=O) groups excluding carboxylic acids is 2. The van der Waals surface area contributed by atoms with Gasteiger partial charge < -0.3 is 20.7 Å². The molecule has 1 fully saturated rings. The molecule has 6 nitrogen and oxygen atoms in total. The van der Waals surface area contributed by atoms with Crippen LogP contribution in [-0.4, -0.2) is 43.0 Å². The number of ether oxygens (including phenoxy) is 1. The maximum Gasteiger partial charge on any atom is 0.251 e. The summed E-state index contributed by atoms with van der Waals surface area (Å²) in [5, 5.41) is 5.11. The van der Waals surface area contributed by atoms with Gasteiger partial charge in [-0.05, 0) is 80.8 Å². The number of nitrogens with one attached hydrogen (secondary N) is 1. The molecule has 2 aromatic rings. The van der Waals surface area contributed by atoms with Crippen molar-refractivity contribution in [3.63, 3.8) is 0 Å². The van der Waals surface area contributed by atoms with Crippen LogP contribution < -0.4 is 15.8 Å². The summed E-state index contributed by atoms with van der Waals surface area (Å²) < 4.78 is 5.50. The molecular formula is C23H31N3O3S. The highest BCUT2D eigenvalue weighted by molar-refractivity contribution is 7.14. The molecule has 0 unspecified atom stereocenters. The standard InChI is InChI=1S/C23H31N3O3S/c1-2-29-19-7-5-17(6-8-19)3-4-18-9-13-26(14-10-18)15-11-21(27)25-23-20(22(24)28)12-16-30-23/h5-8,12,16,18H,2-4,9-11,13-15H2,1H3,(H2,24,28)(H,25,27). The van der Waals surface area contributed by atoms with Gasteiger partial charge in [0, 0.05) is 13.0 Å². The summed E-state index contributed by atoms with van der Waals surface area (Å²) in [5.74, 6) is 1.09. The molecule has 162 valence electrons. The molecule has 0 bridgehead atoms.